The number of benzene rings is 1. The van der Waals surface area contributed by atoms with Crippen molar-refractivity contribution in [1.82, 2.24) is 15.5 Å². The normalized spacial score (nSPS) is 19.1. The predicted molar refractivity (Wildman–Crippen MR) is 122 cm³/mol. The number of para-hydroxylation sites is 1. The minimum Gasteiger partial charge on any atom is -0.444 e. The van der Waals surface area contributed by atoms with Crippen molar-refractivity contribution in [1.29, 1.82) is 0 Å². The first kappa shape index (κ1) is 22.9. The Labute approximate surface area is 185 Å². The van der Waals surface area contributed by atoms with Crippen molar-refractivity contribution < 1.29 is 14.3 Å². The summed E-state index contributed by atoms with van der Waals surface area (Å²) >= 11 is 0. The highest BCUT2D eigenvalue weighted by molar-refractivity contribution is 5.97. The number of fused-ring (bicyclic) bond motifs is 1. The van der Waals surface area contributed by atoms with E-state index < -0.39 is 11.7 Å². The fourth-order valence-electron chi connectivity index (χ4n) is 3.99. The molecule has 2 N–H and O–H groups in total. The van der Waals surface area contributed by atoms with Gasteiger partial charge in [-0.2, -0.15) is 0 Å². The minimum absolute atomic E-state index is 0.00480. The largest absolute Gasteiger partial charge is 0.444 e. The number of nitrogens with one attached hydrogen (secondary N) is 2. The zero-order valence-corrected chi connectivity index (χ0v) is 19.1. The van der Waals surface area contributed by atoms with E-state index in [-0.39, 0.29) is 18.5 Å². The first-order valence-corrected chi connectivity index (χ1v) is 11.2. The number of anilines is 1. The van der Waals surface area contributed by atoms with Gasteiger partial charge >= 0.3 is 6.09 Å². The molecule has 1 saturated heterocycles. The Morgan fingerprint density at radius 2 is 2.00 bits per heavy atom. The van der Waals surface area contributed by atoms with E-state index in [0.29, 0.717) is 19.0 Å². The van der Waals surface area contributed by atoms with Gasteiger partial charge in [0.2, 0.25) is 5.91 Å². The van der Waals surface area contributed by atoms with Crippen molar-refractivity contribution in [2.24, 2.45) is 4.99 Å². The lowest BCUT2D eigenvalue weighted by Gasteiger charge is -2.29. The number of aliphatic imine (C=N–C) groups is 1. The van der Waals surface area contributed by atoms with Gasteiger partial charge < -0.3 is 25.2 Å². The monoisotopic (exact) mass is 429 g/mol. The summed E-state index contributed by atoms with van der Waals surface area (Å²) in [7, 11) is 0. The maximum atomic E-state index is 12.9. The molecule has 170 valence electrons. The molecule has 2 aliphatic rings. The number of rotatable bonds is 4. The number of ether oxygens (including phenoxy) is 1. The fraction of sp³-hybridized carbons (Fsp3) is 0.609. The topological polar surface area (TPSA) is 86.3 Å². The fourth-order valence-corrected chi connectivity index (χ4v) is 3.99. The molecule has 1 aromatic carbocycles. The maximum Gasteiger partial charge on any atom is 0.407 e. The first-order valence-electron chi connectivity index (χ1n) is 11.2. The standard InChI is InChI=1S/C23H35N5O3/c1-5-24-21(27-14-12-18(16-27)26-22(30)31-23(2,3)4)25-15-20(29)28-13-8-10-17-9-6-7-11-19(17)28/h6-7,9,11,18H,5,8,10,12-16H2,1-4H3,(H,24,25)(H,26,30). The molecule has 1 atom stereocenters. The van der Waals surface area contributed by atoms with E-state index in [9.17, 15) is 9.59 Å². The van der Waals surface area contributed by atoms with Gasteiger partial charge in [0.25, 0.3) is 0 Å². The third kappa shape index (κ3) is 6.35. The molecule has 0 spiro atoms. The second-order valence-corrected chi connectivity index (χ2v) is 9.03. The molecule has 0 radical (unpaired) electrons. The number of hydrogen-bond acceptors (Lipinski definition) is 4. The molecule has 2 aliphatic heterocycles. The third-order valence-corrected chi connectivity index (χ3v) is 5.32. The van der Waals surface area contributed by atoms with Crippen molar-refractivity contribution in [3.05, 3.63) is 29.8 Å². The lowest BCUT2D eigenvalue weighted by Crippen LogP contribution is -2.45. The van der Waals surface area contributed by atoms with Crippen LogP contribution in [0, 0.1) is 0 Å². The van der Waals surface area contributed by atoms with Crippen LogP contribution >= 0.6 is 0 Å². The van der Waals surface area contributed by atoms with E-state index in [4.69, 9.17) is 4.74 Å². The molecule has 8 heteroatoms. The van der Waals surface area contributed by atoms with Crippen LogP contribution in [0.5, 0.6) is 0 Å². The molecule has 2 heterocycles. The number of nitrogens with zero attached hydrogens (tertiary/aromatic N) is 3. The number of carbonyl (C=O) groups excluding carboxylic acids is 2. The molecular formula is C23H35N5O3. The molecule has 0 aromatic heterocycles. The quantitative estimate of drug-likeness (QED) is 0.567. The number of carbonyl (C=O) groups is 2. The van der Waals surface area contributed by atoms with E-state index in [1.807, 2.05) is 50.8 Å². The van der Waals surface area contributed by atoms with Crippen LogP contribution < -0.4 is 15.5 Å². The van der Waals surface area contributed by atoms with E-state index in [1.54, 1.807) is 0 Å². The van der Waals surface area contributed by atoms with Crippen molar-refractivity contribution in [3.63, 3.8) is 0 Å². The number of guanidine groups is 1. The molecule has 1 aromatic rings. The van der Waals surface area contributed by atoms with Gasteiger partial charge in [-0.25, -0.2) is 9.79 Å². The van der Waals surface area contributed by atoms with Gasteiger partial charge in [-0.1, -0.05) is 18.2 Å². The van der Waals surface area contributed by atoms with Crippen molar-refractivity contribution in [2.75, 3.05) is 37.6 Å². The molecule has 2 amide bonds. The van der Waals surface area contributed by atoms with Gasteiger partial charge in [0.15, 0.2) is 5.96 Å². The Kier molecular flexibility index (Phi) is 7.41. The van der Waals surface area contributed by atoms with E-state index in [1.165, 1.54) is 5.56 Å². The third-order valence-electron chi connectivity index (χ3n) is 5.32. The van der Waals surface area contributed by atoms with E-state index in [2.05, 4.69) is 26.6 Å². The highest BCUT2D eigenvalue weighted by Crippen LogP contribution is 2.26. The molecule has 3 rings (SSSR count). The average Bonchev–Trinajstić information content (AvgIpc) is 3.17. The predicted octanol–water partition coefficient (Wildman–Crippen LogP) is 2.53. The Morgan fingerprint density at radius 1 is 1.23 bits per heavy atom. The van der Waals surface area contributed by atoms with E-state index in [0.717, 1.165) is 38.0 Å². The molecule has 1 fully saturated rings. The van der Waals surface area contributed by atoms with Gasteiger partial charge in [-0.15, -0.1) is 0 Å². The SMILES string of the molecule is CCNC(=NCC(=O)N1CCCc2ccccc21)N1CCC(NC(=O)OC(C)(C)C)C1. The maximum absolute atomic E-state index is 12.9. The minimum atomic E-state index is -0.522. The summed E-state index contributed by atoms with van der Waals surface area (Å²) in [6, 6.07) is 8.07. The summed E-state index contributed by atoms with van der Waals surface area (Å²) in [4.78, 5) is 33.5. The number of alkyl carbamates (subject to hydrolysis) is 1. The molecule has 0 saturated carbocycles. The molecule has 8 nitrogen and oxygen atoms in total. The Hall–Kier alpha value is -2.77. The van der Waals surface area contributed by atoms with Gasteiger partial charge in [-0.05, 0) is 58.6 Å². The van der Waals surface area contributed by atoms with E-state index >= 15 is 0 Å². The number of hydrogen-bond donors (Lipinski definition) is 2. The van der Waals surface area contributed by atoms with Crippen molar-refractivity contribution in [2.45, 2.75) is 58.6 Å². The molecular weight excluding hydrogens is 394 g/mol. The van der Waals surface area contributed by atoms with Crippen LogP contribution in [0.3, 0.4) is 0 Å². The average molecular weight is 430 g/mol. The van der Waals surface area contributed by atoms with Crippen molar-refractivity contribution >= 4 is 23.6 Å². The van der Waals surface area contributed by atoms with Crippen LogP contribution in [0.4, 0.5) is 10.5 Å². The van der Waals surface area contributed by atoms with Crippen LogP contribution in [0.25, 0.3) is 0 Å². The molecule has 1 unspecified atom stereocenters. The molecule has 31 heavy (non-hydrogen) atoms. The van der Waals surface area contributed by atoms with Crippen LogP contribution in [0.2, 0.25) is 0 Å². The highest BCUT2D eigenvalue weighted by atomic mass is 16.6. The van der Waals surface area contributed by atoms with Crippen molar-refractivity contribution in [3.8, 4) is 0 Å². The first-order chi connectivity index (χ1) is 14.8. The second kappa shape index (κ2) is 10.0. The molecule has 0 bridgehead atoms. The summed E-state index contributed by atoms with van der Waals surface area (Å²) in [5.74, 6) is 0.708. The Balaban J connectivity index is 1.59. The van der Waals surface area contributed by atoms with Gasteiger partial charge in [0.1, 0.15) is 12.1 Å². The lowest BCUT2D eigenvalue weighted by molar-refractivity contribution is -0.117. The lowest BCUT2D eigenvalue weighted by atomic mass is 10.0. The molecule has 0 aliphatic carbocycles. The summed E-state index contributed by atoms with van der Waals surface area (Å²) < 4.78 is 5.35. The number of likely N-dealkylation sites (tertiary alicyclic amines) is 1. The van der Waals surface area contributed by atoms with Gasteiger partial charge in [0.05, 0.1) is 6.04 Å². The van der Waals surface area contributed by atoms with Gasteiger partial charge in [-0.3, -0.25) is 4.79 Å². The highest BCUT2D eigenvalue weighted by Gasteiger charge is 2.28. The van der Waals surface area contributed by atoms with Crippen LogP contribution in [-0.4, -0.2) is 67.2 Å². The summed E-state index contributed by atoms with van der Waals surface area (Å²) in [6.45, 7) is 10.5. The Bertz CT molecular complexity index is 818. The Morgan fingerprint density at radius 3 is 2.74 bits per heavy atom. The number of aryl methyl sites for hydroxylation is 1. The summed E-state index contributed by atoms with van der Waals surface area (Å²) in [5.41, 5.74) is 1.70. The van der Waals surface area contributed by atoms with Crippen LogP contribution in [0.15, 0.2) is 29.3 Å². The smallest absolute Gasteiger partial charge is 0.407 e. The van der Waals surface area contributed by atoms with Gasteiger partial charge in [0, 0.05) is 31.9 Å². The summed E-state index contributed by atoms with van der Waals surface area (Å²) in [5, 5.41) is 6.20. The second-order valence-electron chi connectivity index (χ2n) is 9.03. The summed E-state index contributed by atoms with van der Waals surface area (Å²) in [6.07, 6.45) is 2.37. The van der Waals surface area contributed by atoms with Crippen LogP contribution in [-0.2, 0) is 16.0 Å². The number of amides is 2. The zero-order valence-electron chi connectivity index (χ0n) is 19.1. The van der Waals surface area contributed by atoms with Crippen LogP contribution in [0.1, 0.15) is 46.1 Å². The zero-order chi connectivity index (χ0) is 22.4.